The van der Waals surface area contributed by atoms with E-state index < -0.39 is 0 Å². The van der Waals surface area contributed by atoms with Crippen molar-refractivity contribution in [2.75, 3.05) is 20.3 Å². The summed E-state index contributed by atoms with van der Waals surface area (Å²) in [5.74, 6) is 0.0614. The van der Waals surface area contributed by atoms with E-state index in [-0.39, 0.29) is 5.82 Å². The van der Waals surface area contributed by atoms with Crippen molar-refractivity contribution in [1.29, 1.82) is 0 Å². The second-order valence-corrected chi connectivity index (χ2v) is 3.20. The highest BCUT2D eigenvalue weighted by Gasteiger charge is 2.05. The molecule has 16 heavy (non-hydrogen) atoms. The second kappa shape index (κ2) is 4.85. The van der Waals surface area contributed by atoms with Gasteiger partial charge in [0.25, 0.3) is 0 Å². The molecule has 0 N–H and O–H groups in total. The van der Waals surface area contributed by atoms with Gasteiger partial charge in [0.05, 0.1) is 17.5 Å². The second-order valence-electron chi connectivity index (χ2n) is 3.20. The standard InChI is InChI=1S/C11H11FN2O2/c1-15-2-3-16-8-4-10(12)9-6-13-7-14-11(9)5-8/h4-7H,2-3H2,1H3. The van der Waals surface area contributed by atoms with E-state index in [1.54, 1.807) is 13.2 Å². The van der Waals surface area contributed by atoms with Crippen LogP contribution in [-0.2, 0) is 4.74 Å². The lowest BCUT2D eigenvalue weighted by molar-refractivity contribution is 0.146. The third-order valence-electron chi connectivity index (χ3n) is 2.10. The molecule has 5 heteroatoms. The van der Waals surface area contributed by atoms with E-state index >= 15 is 0 Å². The maximum atomic E-state index is 13.6. The summed E-state index contributed by atoms with van der Waals surface area (Å²) in [6.45, 7) is 0.843. The van der Waals surface area contributed by atoms with Crippen molar-refractivity contribution < 1.29 is 13.9 Å². The smallest absolute Gasteiger partial charge is 0.137 e. The molecule has 0 aliphatic rings. The lowest BCUT2D eigenvalue weighted by Crippen LogP contribution is -2.04. The van der Waals surface area contributed by atoms with Crippen molar-refractivity contribution in [3.63, 3.8) is 0 Å². The van der Waals surface area contributed by atoms with Crippen LogP contribution >= 0.6 is 0 Å². The van der Waals surface area contributed by atoms with E-state index in [0.717, 1.165) is 0 Å². The number of rotatable bonds is 4. The van der Waals surface area contributed by atoms with E-state index in [1.807, 2.05) is 0 Å². The third kappa shape index (κ3) is 2.25. The first-order chi connectivity index (χ1) is 7.81. The molecule has 0 unspecified atom stereocenters. The van der Waals surface area contributed by atoms with Crippen LogP contribution in [0.5, 0.6) is 5.75 Å². The number of halogens is 1. The minimum atomic E-state index is -0.384. The molecule has 4 nitrogen and oxygen atoms in total. The SMILES string of the molecule is COCCOc1cc(F)c2cncnc2c1. The van der Waals surface area contributed by atoms with E-state index in [2.05, 4.69) is 9.97 Å². The molecule has 84 valence electrons. The summed E-state index contributed by atoms with van der Waals surface area (Å²) < 4.78 is 23.7. The Kier molecular flexibility index (Phi) is 3.26. The van der Waals surface area contributed by atoms with Crippen LogP contribution in [0.1, 0.15) is 0 Å². The molecule has 0 amide bonds. The molecule has 1 aromatic carbocycles. The van der Waals surface area contributed by atoms with Crippen molar-refractivity contribution in [3.8, 4) is 5.75 Å². The maximum absolute atomic E-state index is 13.6. The Balaban J connectivity index is 2.27. The van der Waals surface area contributed by atoms with Gasteiger partial charge in [0.15, 0.2) is 0 Å². The molecule has 0 aliphatic carbocycles. The molecular formula is C11H11FN2O2. The van der Waals surface area contributed by atoms with E-state index in [1.165, 1.54) is 18.6 Å². The highest BCUT2D eigenvalue weighted by molar-refractivity contribution is 5.79. The number of hydrogen-bond donors (Lipinski definition) is 0. The highest BCUT2D eigenvalue weighted by atomic mass is 19.1. The number of nitrogens with zero attached hydrogens (tertiary/aromatic N) is 2. The molecule has 1 aromatic heterocycles. The van der Waals surface area contributed by atoms with Gasteiger partial charge >= 0.3 is 0 Å². The Hall–Kier alpha value is -1.75. The highest BCUT2D eigenvalue weighted by Crippen LogP contribution is 2.21. The van der Waals surface area contributed by atoms with Gasteiger partial charge in [-0.15, -0.1) is 0 Å². The first-order valence-corrected chi connectivity index (χ1v) is 4.82. The van der Waals surface area contributed by atoms with Crippen LogP contribution in [0.25, 0.3) is 10.9 Å². The number of ether oxygens (including phenoxy) is 2. The molecule has 2 aromatic rings. The summed E-state index contributed by atoms with van der Waals surface area (Å²) in [4.78, 5) is 7.74. The third-order valence-corrected chi connectivity index (χ3v) is 2.10. The zero-order valence-electron chi connectivity index (χ0n) is 8.81. The minimum absolute atomic E-state index is 0.381. The Morgan fingerprint density at radius 2 is 2.19 bits per heavy atom. The normalized spacial score (nSPS) is 10.6. The van der Waals surface area contributed by atoms with Gasteiger partial charge in [0.2, 0.25) is 0 Å². The van der Waals surface area contributed by atoms with Gasteiger partial charge < -0.3 is 9.47 Å². The largest absolute Gasteiger partial charge is 0.491 e. The minimum Gasteiger partial charge on any atom is -0.491 e. The van der Waals surface area contributed by atoms with Crippen molar-refractivity contribution in [3.05, 3.63) is 30.5 Å². The van der Waals surface area contributed by atoms with Crippen molar-refractivity contribution in [2.24, 2.45) is 0 Å². The molecule has 2 rings (SSSR count). The Bertz CT molecular complexity index is 490. The topological polar surface area (TPSA) is 44.2 Å². The van der Waals surface area contributed by atoms with Crippen LogP contribution in [0, 0.1) is 5.82 Å². The zero-order valence-corrected chi connectivity index (χ0v) is 8.81. The lowest BCUT2D eigenvalue weighted by Gasteiger charge is -2.06. The molecule has 0 bridgehead atoms. The molecule has 0 spiro atoms. The first-order valence-electron chi connectivity index (χ1n) is 4.82. The van der Waals surface area contributed by atoms with Crippen LogP contribution < -0.4 is 4.74 Å². The number of hydrogen-bond acceptors (Lipinski definition) is 4. The molecule has 0 aliphatic heterocycles. The number of aromatic nitrogens is 2. The van der Waals surface area contributed by atoms with Crippen molar-refractivity contribution in [1.82, 2.24) is 9.97 Å². The predicted molar refractivity (Wildman–Crippen MR) is 56.9 cm³/mol. The van der Waals surface area contributed by atoms with Gasteiger partial charge in [0.1, 0.15) is 24.5 Å². The number of methoxy groups -OCH3 is 1. The molecule has 0 fully saturated rings. The Morgan fingerprint density at radius 1 is 1.31 bits per heavy atom. The van der Waals surface area contributed by atoms with Gasteiger partial charge in [-0.1, -0.05) is 0 Å². The summed E-state index contributed by atoms with van der Waals surface area (Å²) in [7, 11) is 1.58. The molecular weight excluding hydrogens is 211 g/mol. The maximum Gasteiger partial charge on any atom is 0.137 e. The van der Waals surface area contributed by atoms with Crippen LogP contribution in [0.4, 0.5) is 4.39 Å². The van der Waals surface area contributed by atoms with E-state index in [0.29, 0.717) is 29.9 Å². The first kappa shape index (κ1) is 10.8. The fraction of sp³-hybridized carbons (Fsp3) is 0.273. The molecule has 0 saturated carbocycles. The zero-order chi connectivity index (χ0) is 11.4. The van der Waals surface area contributed by atoms with E-state index in [4.69, 9.17) is 9.47 Å². The van der Waals surface area contributed by atoms with Crippen LogP contribution in [0.15, 0.2) is 24.7 Å². The van der Waals surface area contributed by atoms with Crippen LogP contribution in [-0.4, -0.2) is 30.3 Å². The quantitative estimate of drug-likeness (QED) is 0.740. The predicted octanol–water partition coefficient (Wildman–Crippen LogP) is 1.79. The molecule has 0 atom stereocenters. The van der Waals surface area contributed by atoms with Crippen LogP contribution in [0.3, 0.4) is 0 Å². The lowest BCUT2D eigenvalue weighted by atomic mass is 10.2. The number of benzene rings is 1. The summed E-state index contributed by atoms with van der Waals surface area (Å²) in [6, 6.07) is 3.00. The fourth-order valence-electron chi connectivity index (χ4n) is 1.34. The Labute approximate surface area is 92.0 Å². The molecule has 1 heterocycles. The van der Waals surface area contributed by atoms with Gasteiger partial charge in [0, 0.05) is 25.4 Å². The molecule has 0 saturated heterocycles. The summed E-state index contributed by atoms with van der Waals surface area (Å²) in [6.07, 6.45) is 2.82. The summed E-state index contributed by atoms with van der Waals surface area (Å²) in [5.41, 5.74) is 0.530. The molecule has 0 radical (unpaired) electrons. The fourth-order valence-corrected chi connectivity index (χ4v) is 1.34. The Morgan fingerprint density at radius 3 is 3.00 bits per heavy atom. The summed E-state index contributed by atoms with van der Waals surface area (Å²) >= 11 is 0. The van der Waals surface area contributed by atoms with Crippen molar-refractivity contribution in [2.45, 2.75) is 0 Å². The average Bonchev–Trinajstić information content (AvgIpc) is 2.30. The van der Waals surface area contributed by atoms with Gasteiger partial charge in [-0.3, -0.25) is 0 Å². The van der Waals surface area contributed by atoms with Gasteiger partial charge in [-0.05, 0) is 0 Å². The summed E-state index contributed by atoms with van der Waals surface area (Å²) in [5, 5.41) is 0.390. The van der Waals surface area contributed by atoms with Gasteiger partial charge in [-0.25, -0.2) is 14.4 Å². The van der Waals surface area contributed by atoms with E-state index in [9.17, 15) is 4.39 Å². The van der Waals surface area contributed by atoms with Crippen LogP contribution in [0.2, 0.25) is 0 Å². The average molecular weight is 222 g/mol. The number of fused-ring (bicyclic) bond motifs is 1. The monoisotopic (exact) mass is 222 g/mol. The van der Waals surface area contributed by atoms with Crippen molar-refractivity contribution >= 4 is 10.9 Å². The van der Waals surface area contributed by atoms with Gasteiger partial charge in [-0.2, -0.15) is 0 Å².